The van der Waals surface area contributed by atoms with E-state index in [1.165, 1.54) is 6.08 Å². The fourth-order valence-corrected chi connectivity index (χ4v) is 3.13. The van der Waals surface area contributed by atoms with Gasteiger partial charge < -0.3 is 19.8 Å². The van der Waals surface area contributed by atoms with Crippen LogP contribution in [0.5, 0.6) is 11.5 Å². The van der Waals surface area contributed by atoms with Crippen LogP contribution in [0.2, 0.25) is 5.02 Å². The number of rotatable bonds is 4. The van der Waals surface area contributed by atoms with Crippen molar-refractivity contribution in [2.75, 3.05) is 13.2 Å². The molecule has 27 heavy (non-hydrogen) atoms. The largest absolute Gasteiger partial charge is 0.489 e. The Morgan fingerprint density at radius 3 is 2.81 bits per heavy atom. The Hall–Kier alpha value is -2.73. The number of aryl methyl sites for hydroxylation is 2. The average molecular weight is 389 g/mol. The number of aromatic amines is 1. The summed E-state index contributed by atoms with van der Waals surface area (Å²) in [6, 6.07) is 5.37. The zero-order valence-electron chi connectivity index (χ0n) is 15.2. The minimum absolute atomic E-state index is 0.159. The summed E-state index contributed by atoms with van der Waals surface area (Å²) in [5, 5.41) is 3.16. The molecule has 0 saturated heterocycles. The lowest BCUT2D eigenvalue weighted by molar-refractivity contribution is -0.116. The lowest BCUT2D eigenvalue weighted by Crippen LogP contribution is -2.26. The van der Waals surface area contributed by atoms with Crippen molar-refractivity contribution in [1.82, 2.24) is 10.3 Å². The van der Waals surface area contributed by atoms with Crippen molar-refractivity contribution in [1.29, 1.82) is 0 Å². The first-order valence-corrected chi connectivity index (χ1v) is 9.06. The molecule has 0 spiro atoms. The van der Waals surface area contributed by atoms with Gasteiger partial charge in [0, 0.05) is 30.3 Å². The molecule has 0 bridgehead atoms. The number of fused-ring (bicyclic) bond motifs is 1. The number of amides is 1. The second-order valence-corrected chi connectivity index (χ2v) is 6.78. The third kappa shape index (κ3) is 4.71. The van der Waals surface area contributed by atoms with Crippen LogP contribution < -0.4 is 20.3 Å². The Balaban J connectivity index is 1.68. The van der Waals surface area contributed by atoms with E-state index in [1.54, 1.807) is 18.2 Å². The van der Waals surface area contributed by atoms with Gasteiger partial charge in [0.05, 0.1) is 18.2 Å². The van der Waals surface area contributed by atoms with Crippen LogP contribution in [0.3, 0.4) is 0 Å². The summed E-state index contributed by atoms with van der Waals surface area (Å²) in [4.78, 5) is 26.8. The first-order valence-electron chi connectivity index (χ1n) is 8.68. The van der Waals surface area contributed by atoms with E-state index < -0.39 is 0 Å². The second-order valence-electron chi connectivity index (χ2n) is 6.37. The predicted molar refractivity (Wildman–Crippen MR) is 104 cm³/mol. The lowest BCUT2D eigenvalue weighted by Gasteiger charge is -2.10. The minimum atomic E-state index is -0.308. The van der Waals surface area contributed by atoms with Gasteiger partial charge in [-0.1, -0.05) is 11.6 Å². The third-order valence-corrected chi connectivity index (χ3v) is 4.47. The quantitative estimate of drug-likeness (QED) is 0.788. The zero-order valence-corrected chi connectivity index (χ0v) is 16.0. The number of ether oxygens (including phenoxy) is 2. The molecule has 2 N–H and O–H groups in total. The maximum atomic E-state index is 12.1. The second kappa shape index (κ2) is 8.31. The van der Waals surface area contributed by atoms with E-state index in [0.717, 1.165) is 23.2 Å². The van der Waals surface area contributed by atoms with Crippen LogP contribution in [0.4, 0.5) is 0 Å². The topological polar surface area (TPSA) is 80.4 Å². The van der Waals surface area contributed by atoms with E-state index in [1.807, 2.05) is 19.9 Å². The van der Waals surface area contributed by atoms with Crippen molar-refractivity contribution in [3.8, 4) is 11.5 Å². The van der Waals surface area contributed by atoms with Gasteiger partial charge in [-0.2, -0.15) is 0 Å². The highest BCUT2D eigenvalue weighted by Crippen LogP contribution is 2.38. The molecule has 1 aliphatic rings. The number of carbonyl (C=O) groups is 1. The molecule has 0 radical (unpaired) electrons. The maximum Gasteiger partial charge on any atom is 0.253 e. The number of aromatic nitrogens is 1. The van der Waals surface area contributed by atoms with Crippen molar-refractivity contribution < 1.29 is 14.3 Å². The molecule has 1 aromatic heterocycles. The van der Waals surface area contributed by atoms with Crippen molar-refractivity contribution in [2.45, 2.75) is 26.8 Å². The standard InChI is InChI=1S/C20H21ClN2O4/c1-12-8-13(2)23-20(25)15(12)11-22-18(24)5-4-14-9-16(21)19-17(10-14)26-6-3-7-27-19/h4-5,8-10H,3,6-7,11H2,1-2H3,(H,22,24)(H,23,25)/b5-4+. The van der Waals surface area contributed by atoms with Gasteiger partial charge in [0.25, 0.3) is 5.56 Å². The minimum Gasteiger partial charge on any atom is -0.489 e. The molecular weight excluding hydrogens is 368 g/mol. The predicted octanol–water partition coefficient (Wildman–Crippen LogP) is 3.14. The number of hydrogen-bond acceptors (Lipinski definition) is 4. The molecule has 1 aromatic carbocycles. The monoisotopic (exact) mass is 388 g/mol. The summed E-state index contributed by atoms with van der Waals surface area (Å²) in [7, 11) is 0. The van der Waals surface area contributed by atoms with E-state index in [2.05, 4.69) is 10.3 Å². The first-order chi connectivity index (χ1) is 12.9. The van der Waals surface area contributed by atoms with Gasteiger partial charge in [0.2, 0.25) is 5.91 Å². The van der Waals surface area contributed by atoms with Crippen LogP contribution in [0.25, 0.3) is 6.08 Å². The molecule has 1 aliphatic heterocycles. The first kappa shape index (κ1) is 19.0. The molecule has 2 aromatic rings. The number of halogens is 1. The molecule has 2 heterocycles. The van der Waals surface area contributed by atoms with E-state index in [4.69, 9.17) is 21.1 Å². The van der Waals surface area contributed by atoms with Crippen molar-refractivity contribution in [3.63, 3.8) is 0 Å². The highest BCUT2D eigenvalue weighted by Gasteiger charge is 2.15. The van der Waals surface area contributed by atoms with Crippen LogP contribution in [-0.2, 0) is 11.3 Å². The normalized spacial score (nSPS) is 13.4. The van der Waals surface area contributed by atoms with E-state index in [-0.39, 0.29) is 18.0 Å². The van der Waals surface area contributed by atoms with Gasteiger partial charge in [-0.15, -0.1) is 0 Å². The van der Waals surface area contributed by atoms with Crippen molar-refractivity contribution >= 4 is 23.6 Å². The molecule has 0 unspecified atom stereocenters. The van der Waals surface area contributed by atoms with Crippen LogP contribution in [0, 0.1) is 13.8 Å². The zero-order chi connectivity index (χ0) is 19.4. The Bertz CT molecular complexity index is 950. The molecule has 6 nitrogen and oxygen atoms in total. The molecule has 0 saturated carbocycles. The number of pyridine rings is 1. The SMILES string of the molecule is Cc1cc(C)c(CNC(=O)/C=C/c2cc(Cl)c3c(c2)OCCCO3)c(=O)[nH]1. The van der Waals surface area contributed by atoms with Crippen molar-refractivity contribution in [2.24, 2.45) is 0 Å². The van der Waals surface area contributed by atoms with Crippen LogP contribution in [0.15, 0.2) is 29.1 Å². The molecule has 0 aliphatic carbocycles. The van der Waals surface area contributed by atoms with Gasteiger partial charge in [0.15, 0.2) is 11.5 Å². The van der Waals surface area contributed by atoms with Gasteiger partial charge >= 0.3 is 0 Å². The fourth-order valence-electron chi connectivity index (χ4n) is 2.85. The summed E-state index contributed by atoms with van der Waals surface area (Å²) in [6.07, 6.45) is 3.82. The number of benzene rings is 1. The summed E-state index contributed by atoms with van der Waals surface area (Å²) in [5.41, 5.74) is 2.71. The third-order valence-electron chi connectivity index (χ3n) is 4.18. The molecule has 142 valence electrons. The van der Waals surface area contributed by atoms with Gasteiger partial charge in [-0.05, 0) is 49.2 Å². The summed E-state index contributed by atoms with van der Waals surface area (Å²) in [6.45, 7) is 4.94. The summed E-state index contributed by atoms with van der Waals surface area (Å²) >= 11 is 6.25. The maximum absolute atomic E-state index is 12.1. The Labute approximate surface area is 162 Å². The lowest BCUT2D eigenvalue weighted by atomic mass is 10.1. The average Bonchev–Trinajstić information content (AvgIpc) is 2.85. The molecule has 7 heteroatoms. The number of H-pyrrole nitrogens is 1. The molecule has 0 fully saturated rings. The van der Waals surface area contributed by atoms with Crippen LogP contribution >= 0.6 is 11.6 Å². The number of hydrogen-bond donors (Lipinski definition) is 2. The van der Waals surface area contributed by atoms with Crippen LogP contribution in [-0.4, -0.2) is 24.1 Å². The highest BCUT2D eigenvalue weighted by molar-refractivity contribution is 6.32. The molecule has 1 amide bonds. The fraction of sp³-hybridized carbons (Fsp3) is 0.300. The summed E-state index contributed by atoms with van der Waals surface area (Å²) in [5.74, 6) is 0.796. The molecule has 3 rings (SSSR count). The smallest absolute Gasteiger partial charge is 0.253 e. The van der Waals surface area contributed by atoms with E-state index >= 15 is 0 Å². The van der Waals surface area contributed by atoms with Crippen molar-refractivity contribution in [3.05, 3.63) is 62.0 Å². The summed E-state index contributed by atoms with van der Waals surface area (Å²) < 4.78 is 11.2. The molecule has 0 atom stereocenters. The Kier molecular flexibility index (Phi) is 5.86. The van der Waals surface area contributed by atoms with Gasteiger partial charge in [0.1, 0.15) is 0 Å². The Morgan fingerprint density at radius 2 is 2.04 bits per heavy atom. The Morgan fingerprint density at radius 1 is 1.26 bits per heavy atom. The number of nitrogens with one attached hydrogen (secondary N) is 2. The van der Waals surface area contributed by atoms with Gasteiger partial charge in [-0.25, -0.2) is 0 Å². The van der Waals surface area contributed by atoms with E-state index in [9.17, 15) is 9.59 Å². The van der Waals surface area contributed by atoms with E-state index in [0.29, 0.717) is 35.3 Å². The highest BCUT2D eigenvalue weighted by atomic mass is 35.5. The number of carbonyl (C=O) groups excluding carboxylic acids is 1. The van der Waals surface area contributed by atoms with Crippen LogP contribution in [0.1, 0.15) is 28.8 Å². The molecular formula is C20H21ClN2O4. The van der Waals surface area contributed by atoms with Gasteiger partial charge in [-0.3, -0.25) is 9.59 Å².